The van der Waals surface area contributed by atoms with Gasteiger partial charge in [-0.25, -0.2) is 9.48 Å². The van der Waals surface area contributed by atoms with Crippen LogP contribution < -0.4 is 0 Å². The highest BCUT2D eigenvalue weighted by Gasteiger charge is 2.22. The van der Waals surface area contributed by atoms with Gasteiger partial charge in [0.2, 0.25) is 0 Å². The summed E-state index contributed by atoms with van der Waals surface area (Å²) in [6.45, 7) is 3.75. The summed E-state index contributed by atoms with van der Waals surface area (Å²) in [7, 11) is 1.57. The van der Waals surface area contributed by atoms with Gasteiger partial charge in [0.05, 0.1) is 23.7 Å². The van der Waals surface area contributed by atoms with E-state index in [0.717, 1.165) is 11.4 Å². The number of amides is 1. The maximum Gasteiger partial charge on any atom is 0.338 e. The van der Waals surface area contributed by atoms with Crippen molar-refractivity contribution in [2.24, 2.45) is 0 Å². The van der Waals surface area contributed by atoms with Gasteiger partial charge in [0, 0.05) is 25.5 Å². The molecule has 0 N–H and O–H groups in total. The lowest BCUT2D eigenvalue weighted by Crippen LogP contribution is -2.37. The summed E-state index contributed by atoms with van der Waals surface area (Å²) < 4.78 is 6.97. The summed E-state index contributed by atoms with van der Waals surface area (Å²) in [5.41, 5.74) is 2.17. The van der Waals surface area contributed by atoms with Crippen LogP contribution in [0.1, 0.15) is 29.4 Å². The minimum absolute atomic E-state index is 0.233. The molecule has 2 rings (SSSR count). The second kappa shape index (κ2) is 8.11. The van der Waals surface area contributed by atoms with Gasteiger partial charge in [-0.2, -0.15) is 10.4 Å². The van der Waals surface area contributed by atoms with Gasteiger partial charge < -0.3 is 9.64 Å². The Hall–Kier alpha value is -3.14. The molecule has 1 aromatic heterocycles. The van der Waals surface area contributed by atoms with E-state index in [2.05, 4.69) is 5.10 Å². The predicted molar refractivity (Wildman–Crippen MR) is 91.0 cm³/mol. The molecule has 1 atom stereocenters. The number of aryl methyl sites for hydroxylation is 1. The van der Waals surface area contributed by atoms with E-state index in [1.165, 1.54) is 11.8 Å². The van der Waals surface area contributed by atoms with Crippen molar-refractivity contribution >= 4 is 11.9 Å². The van der Waals surface area contributed by atoms with Crippen LogP contribution in [-0.2, 0) is 9.53 Å². The molecule has 7 heteroatoms. The van der Waals surface area contributed by atoms with Crippen LogP contribution in [0.15, 0.2) is 36.5 Å². The van der Waals surface area contributed by atoms with Gasteiger partial charge in [-0.3, -0.25) is 4.79 Å². The SMILES string of the molecule is Cc1ccnn1-c1ccc(C(=O)O[C@H](C)C(=O)N(C)CCC#N)cc1. The van der Waals surface area contributed by atoms with Crippen LogP contribution in [0, 0.1) is 18.3 Å². The first-order valence-electron chi connectivity index (χ1n) is 7.88. The van der Waals surface area contributed by atoms with Gasteiger partial charge in [0.1, 0.15) is 0 Å². The number of hydrogen-bond donors (Lipinski definition) is 0. The zero-order chi connectivity index (χ0) is 18.4. The van der Waals surface area contributed by atoms with Crippen LogP contribution in [0.25, 0.3) is 5.69 Å². The lowest BCUT2D eigenvalue weighted by Gasteiger charge is -2.20. The number of carbonyl (C=O) groups is 2. The monoisotopic (exact) mass is 340 g/mol. The normalized spacial score (nSPS) is 11.4. The zero-order valence-electron chi connectivity index (χ0n) is 14.5. The highest BCUT2D eigenvalue weighted by Crippen LogP contribution is 2.13. The number of esters is 1. The summed E-state index contributed by atoms with van der Waals surface area (Å²) in [6, 6.07) is 10.7. The Kier molecular flexibility index (Phi) is 5.90. The third-order valence-corrected chi connectivity index (χ3v) is 3.75. The molecular formula is C18H20N4O3. The van der Waals surface area contributed by atoms with E-state index in [9.17, 15) is 9.59 Å². The number of carbonyl (C=O) groups excluding carboxylic acids is 2. The van der Waals surface area contributed by atoms with Gasteiger partial charge in [-0.1, -0.05) is 0 Å². The first-order chi connectivity index (χ1) is 11.9. The Bertz CT molecular complexity index is 789. The highest BCUT2D eigenvalue weighted by molar-refractivity contribution is 5.92. The molecule has 0 aliphatic heterocycles. The standard InChI is InChI=1S/C18H20N4O3/c1-13-9-11-20-22(13)16-7-5-15(6-8-16)18(24)25-14(2)17(23)21(3)12-4-10-19/h5-9,11,14H,4,12H2,1-3H3/t14-/m1/s1. The van der Waals surface area contributed by atoms with Crippen LogP contribution >= 0.6 is 0 Å². The summed E-state index contributed by atoms with van der Waals surface area (Å²) in [4.78, 5) is 25.7. The molecule has 1 amide bonds. The Morgan fingerprint density at radius 3 is 2.56 bits per heavy atom. The molecule has 0 spiro atoms. The predicted octanol–water partition coefficient (Wildman–Crippen LogP) is 2.10. The molecule has 1 aromatic carbocycles. The number of benzene rings is 1. The fraction of sp³-hybridized carbons (Fsp3) is 0.333. The first-order valence-corrected chi connectivity index (χ1v) is 7.88. The van der Waals surface area contributed by atoms with E-state index in [1.54, 1.807) is 42.2 Å². The molecule has 130 valence electrons. The van der Waals surface area contributed by atoms with E-state index in [0.29, 0.717) is 12.1 Å². The number of likely N-dealkylation sites (N-methyl/N-ethyl adjacent to an activating group) is 1. The molecule has 0 unspecified atom stereocenters. The summed E-state index contributed by atoms with van der Waals surface area (Å²) in [5.74, 6) is -0.911. The minimum atomic E-state index is -0.913. The van der Waals surface area contributed by atoms with Gasteiger partial charge in [0.15, 0.2) is 6.10 Å². The molecule has 1 heterocycles. The molecule has 0 saturated carbocycles. The maximum absolute atomic E-state index is 12.2. The quantitative estimate of drug-likeness (QED) is 0.751. The Labute approximate surface area is 146 Å². The molecule has 25 heavy (non-hydrogen) atoms. The molecule has 7 nitrogen and oxygen atoms in total. The zero-order valence-corrected chi connectivity index (χ0v) is 14.5. The van der Waals surface area contributed by atoms with E-state index in [1.807, 2.05) is 19.1 Å². The van der Waals surface area contributed by atoms with E-state index < -0.39 is 12.1 Å². The molecule has 0 aliphatic carbocycles. The van der Waals surface area contributed by atoms with Crippen molar-refractivity contribution in [2.75, 3.05) is 13.6 Å². The maximum atomic E-state index is 12.2. The Morgan fingerprint density at radius 2 is 2.00 bits per heavy atom. The van der Waals surface area contributed by atoms with Gasteiger partial charge >= 0.3 is 5.97 Å². The van der Waals surface area contributed by atoms with E-state index in [-0.39, 0.29) is 12.3 Å². The molecule has 0 radical (unpaired) electrons. The van der Waals surface area contributed by atoms with Crippen LogP contribution in [0.5, 0.6) is 0 Å². The molecule has 0 bridgehead atoms. The van der Waals surface area contributed by atoms with Crippen molar-refractivity contribution in [3.05, 3.63) is 47.8 Å². The average Bonchev–Trinajstić information content (AvgIpc) is 3.04. The summed E-state index contributed by atoms with van der Waals surface area (Å²) in [5, 5.41) is 12.8. The molecule has 2 aromatic rings. The van der Waals surface area contributed by atoms with Crippen LogP contribution in [0.2, 0.25) is 0 Å². The largest absolute Gasteiger partial charge is 0.449 e. The highest BCUT2D eigenvalue weighted by atomic mass is 16.5. The van der Waals surface area contributed by atoms with Crippen molar-refractivity contribution in [2.45, 2.75) is 26.4 Å². The number of rotatable bonds is 6. The van der Waals surface area contributed by atoms with Crippen molar-refractivity contribution < 1.29 is 14.3 Å². The Balaban J connectivity index is 2.00. The number of hydrogen-bond acceptors (Lipinski definition) is 5. The molecular weight excluding hydrogens is 320 g/mol. The van der Waals surface area contributed by atoms with Gasteiger partial charge in [0.25, 0.3) is 5.91 Å². The smallest absolute Gasteiger partial charge is 0.338 e. The molecule has 0 saturated heterocycles. The van der Waals surface area contributed by atoms with Crippen LogP contribution in [-0.4, -0.2) is 46.3 Å². The fourth-order valence-electron chi connectivity index (χ4n) is 2.30. The summed E-state index contributed by atoms with van der Waals surface area (Å²) in [6.07, 6.45) is 1.02. The third-order valence-electron chi connectivity index (χ3n) is 3.75. The molecule has 0 fully saturated rings. The fourth-order valence-corrected chi connectivity index (χ4v) is 2.30. The number of ether oxygens (including phenoxy) is 1. The van der Waals surface area contributed by atoms with Crippen LogP contribution in [0.4, 0.5) is 0 Å². The number of nitrogens with zero attached hydrogens (tertiary/aromatic N) is 4. The average molecular weight is 340 g/mol. The van der Waals surface area contributed by atoms with Crippen molar-refractivity contribution in [3.8, 4) is 11.8 Å². The van der Waals surface area contributed by atoms with E-state index in [4.69, 9.17) is 10.00 Å². The van der Waals surface area contributed by atoms with Gasteiger partial charge in [-0.15, -0.1) is 0 Å². The Morgan fingerprint density at radius 1 is 1.32 bits per heavy atom. The van der Waals surface area contributed by atoms with Crippen molar-refractivity contribution in [1.82, 2.24) is 14.7 Å². The number of aromatic nitrogens is 2. The van der Waals surface area contributed by atoms with E-state index >= 15 is 0 Å². The summed E-state index contributed by atoms with van der Waals surface area (Å²) >= 11 is 0. The number of nitriles is 1. The third kappa shape index (κ3) is 4.44. The van der Waals surface area contributed by atoms with Crippen LogP contribution in [0.3, 0.4) is 0 Å². The lowest BCUT2D eigenvalue weighted by atomic mass is 10.2. The second-order valence-electron chi connectivity index (χ2n) is 5.65. The first kappa shape index (κ1) is 18.2. The lowest BCUT2D eigenvalue weighted by molar-refractivity contribution is -0.138. The van der Waals surface area contributed by atoms with Crippen molar-refractivity contribution in [1.29, 1.82) is 5.26 Å². The minimum Gasteiger partial charge on any atom is -0.449 e. The topological polar surface area (TPSA) is 88.2 Å². The van der Waals surface area contributed by atoms with Gasteiger partial charge in [-0.05, 0) is 44.2 Å². The van der Waals surface area contributed by atoms with Crippen molar-refractivity contribution in [3.63, 3.8) is 0 Å². The second-order valence-corrected chi connectivity index (χ2v) is 5.65. The molecule has 0 aliphatic rings.